The third-order valence-electron chi connectivity index (χ3n) is 6.78. The molecule has 2 aromatic rings. The van der Waals surface area contributed by atoms with Crippen molar-refractivity contribution in [2.24, 2.45) is 0 Å². The molecule has 0 spiro atoms. The Kier molecular flexibility index (Phi) is 8.37. The molecule has 1 unspecified atom stereocenters. The van der Waals surface area contributed by atoms with Gasteiger partial charge in [0.05, 0.1) is 10.9 Å². The lowest BCUT2D eigenvalue weighted by Crippen LogP contribution is -2.38. The number of hydrogen-bond acceptors (Lipinski definition) is 5. The summed E-state index contributed by atoms with van der Waals surface area (Å²) >= 11 is 0. The van der Waals surface area contributed by atoms with E-state index >= 15 is 0 Å². The predicted octanol–water partition coefficient (Wildman–Crippen LogP) is 3.57. The smallest absolute Gasteiger partial charge is 0.243 e. The van der Waals surface area contributed by atoms with Gasteiger partial charge in [0.2, 0.25) is 15.9 Å². The molecule has 0 saturated carbocycles. The Labute approximate surface area is 203 Å². The number of nitrogens with one attached hydrogen (secondary N) is 2. The van der Waals surface area contributed by atoms with Crippen molar-refractivity contribution in [3.63, 3.8) is 0 Å². The van der Waals surface area contributed by atoms with Crippen molar-refractivity contribution in [3.8, 4) is 0 Å². The Morgan fingerprint density at radius 1 is 0.882 bits per heavy atom. The fourth-order valence-corrected chi connectivity index (χ4v) is 6.15. The number of amides is 1. The van der Waals surface area contributed by atoms with Crippen molar-refractivity contribution < 1.29 is 13.2 Å². The molecule has 0 radical (unpaired) electrons. The Hall–Kier alpha value is -2.26. The van der Waals surface area contributed by atoms with Gasteiger partial charge in [0.1, 0.15) is 0 Å². The molecule has 8 heteroatoms. The number of nitrogens with zero attached hydrogens (tertiary/aromatic N) is 2. The molecule has 2 heterocycles. The zero-order valence-electron chi connectivity index (χ0n) is 20.0. The second-order valence-corrected chi connectivity index (χ2v) is 11.3. The molecule has 2 aliphatic rings. The second-order valence-electron chi connectivity index (χ2n) is 9.33. The third-order valence-corrected chi connectivity index (χ3v) is 8.69. The molecule has 2 fully saturated rings. The van der Waals surface area contributed by atoms with Crippen LogP contribution in [0.3, 0.4) is 0 Å². The summed E-state index contributed by atoms with van der Waals surface area (Å²) in [6, 6.07) is 14.5. The number of likely N-dealkylation sites (tertiary alicyclic amines) is 1. The lowest BCUT2D eigenvalue weighted by molar-refractivity contribution is -0.117. The van der Waals surface area contributed by atoms with E-state index in [4.69, 9.17) is 0 Å². The number of carbonyl (C=O) groups excluding carboxylic acids is 1. The molecule has 0 bridgehead atoms. The van der Waals surface area contributed by atoms with Crippen molar-refractivity contribution in [1.82, 2.24) is 14.5 Å². The van der Waals surface area contributed by atoms with E-state index in [1.807, 2.05) is 13.0 Å². The zero-order valence-corrected chi connectivity index (χ0v) is 20.8. The molecule has 2 saturated heterocycles. The van der Waals surface area contributed by atoms with Crippen molar-refractivity contribution >= 4 is 21.6 Å². The summed E-state index contributed by atoms with van der Waals surface area (Å²) in [4.78, 5) is 15.5. The summed E-state index contributed by atoms with van der Waals surface area (Å²) in [7, 11) is -3.47. The molecule has 2 N–H and O–H groups in total. The number of hydrogen-bond donors (Lipinski definition) is 2. The van der Waals surface area contributed by atoms with E-state index in [9.17, 15) is 13.2 Å². The van der Waals surface area contributed by atoms with Crippen LogP contribution in [0, 0.1) is 0 Å². The molecular weight excluding hydrogens is 448 g/mol. The normalized spacial score (nSPS) is 18.6. The third kappa shape index (κ3) is 6.24. The number of benzene rings is 2. The van der Waals surface area contributed by atoms with Crippen molar-refractivity contribution in [2.75, 3.05) is 31.5 Å². The summed E-state index contributed by atoms with van der Waals surface area (Å²) in [5, 5.41) is 6.22. The molecule has 4 rings (SSSR count). The van der Waals surface area contributed by atoms with Crippen LogP contribution < -0.4 is 10.6 Å². The molecule has 0 aliphatic carbocycles. The first kappa shape index (κ1) is 24.9. The molecule has 34 heavy (non-hydrogen) atoms. The maximum Gasteiger partial charge on any atom is 0.243 e. The number of carbonyl (C=O) groups is 1. The Morgan fingerprint density at radius 2 is 1.50 bits per heavy atom. The van der Waals surface area contributed by atoms with E-state index in [2.05, 4.69) is 33.7 Å². The van der Waals surface area contributed by atoms with Crippen LogP contribution in [0.4, 0.5) is 5.69 Å². The van der Waals surface area contributed by atoms with E-state index in [0.717, 1.165) is 38.9 Å². The highest BCUT2D eigenvalue weighted by Gasteiger charge is 2.26. The van der Waals surface area contributed by atoms with Gasteiger partial charge in [0, 0.05) is 31.9 Å². The van der Waals surface area contributed by atoms with Crippen LogP contribution in [0.1, 0.15) is 50.2 Å². The quantitative estimate of drug-likeness (QED) is 0.569. The standard InChI is InChI=1S/C26H36N4O3S/c1-21(27-19-22-9-3-4-10-23(22)20-29-15-7-8-16-29)26(31)28-24-11-13-25(14-12-24)34(32,33)30-17-5-2-6-18-30/h3-4,9-14,21,27H,2,5-8,15-20H2,1H3,(H,28,31). The van der Waals surface area contributed by atoms with E-state index < -0.39 is 16.1 Å². The molecule has 184 valence electrons. The van der Waals surface area contributed by atoms with Crippen LogP contribution in [0.5, 0.6) is 0 Å². The first-order chi connectivity index (χ1) is 16.4. The lowest BCUT2D eigenvalue weighted by atomic mass is 10.1. The summed E-state index contributed by atoms with van der Waals surface area (Å²) in [6.07, 6.45) is 5.42. The molecule has 2 aliphatic heterocycles. The summed E-state index contributed by atoms with van der Waals surface area (Å²) < 4.78 is 27.2. The lowest BCUT2D eigenvalue weighted by Gasteiger charge is -2.25. The first-order valence-electron chi connectivity index (χ1n) is 12.4. The molecular formula is C26H36N4O3S. The molecule has 0 aromatic heterocycles. The van der Waals surface area contributed by atoms with E-state index in [0.29, 0.717) is 25.3 Å². The minimum atomic E-state index is -3.47. The molecule has 1 atom stereocenters. The molecule has 7 nitrogen and oxygen atoms in total. The van der Waals surface area contributed by atoms with Crippen LogP contribution in [-0.4, -0.2) is 55.8 Å². The van der Waals surface area contributed by atoms with Crippen LogP contribution in [-0.2, 0) is 27.9 Å². The van der Waals surface area contributed by atoms with Gasteiger partial charge in [-0.1, -0.05) is 30.7 Å². The topological polar surface area (TPSA) is 81.8 Å². The fourth-order valence-electron chi connectivity index (χ4n) is 4.64. The summed E-state index contributed by atoms with van der Waals surface area (Å²) in [6.45, 7) is 6.86. The van der Waals surface area contributed by atoms with Gasteiger partial charge in [0.15, 0.2) is 0 Å². The van der Waals surface area contributed by atoms with Crippen LogP contribution in [0.25, 0.3) is 0 Å². The van der Waals surface area contributed by atoms with E-state index in [-0.39, 0.29) is 10.8 Å². The minimum absolute atomic E-state index is 0.149. The van der Waals surface area contributed by atoms with Gasteiger partial charge >= 0.3 is 0 Å². The number of rotatable bonds is 9. The Morgan fingerprint density at radius 3 is 2.18 bits per heavy atom. The van der Waals surface area contributed by atoms with E-state index in [1.165, 1.54) is 24.0 Å². The van der Waals surface area contributed by atoms with Crippen molar-refractivity contribution in [3.05, 3.63) is 59.7 Å². The highest BCUT2D eigenvalue weighted by Crippen LogP contribution is 2.22. The van der Waals surface area contributed by atoms with Gasteiger partial charge in [0.25, 0.3) is 0 Å². The summed E-state index contributed by atoms with van der Waals surface area (Å²) in [5.74, 6) is -0.149. The average molecular weight is 485 g/mol. The van der Waals surface area contributed by atoms with Gasteiger partial charge in [-0.3, -0.25) is 9.69 Å². The highest BCUT2D eigenvalue weighted by atomic mass is 32.2. The SMILES string of the molecule is CC(NCc1ccccc1CN1CCCC1)C(=O)Nc1ccc(S(=O)(=O)N2CCCCC2)cc1. The Balaban J connectivity index is 1.31. The maximum absolute atomic E-state index is 12.8. The molecule has 2 aromatic carbocycles. The number of sulfonamides is 1. The van der Waals surface area contributed by atoms with Crippen LogP contribution >= 0.6 is 0 Å². The minimum Gasteiger partial charge on any atom is -0.325 e. The van der Waals surface area contributed by atoms with Gasteiger partial charge in [-0.2, -0.15) is 4.31 Å². The van der Waals surface area contributed by atoms with Crippen molar-refractivity contribution in [2.45, 2.75) is 63.1 Å². The second kappa shape index (κ2) is 11.4. The van der Waals surface area contributed by atoms with Crippen molar-refractivity contribution in [1.29, 1.82) is 0 Å². The summed E-state index contributed by atoms with van der Waals surface area (Å²) in [5.41, 5.74) is 3.10. The first-order valence-corrected chi connectivity index (χ1v) is 13.8. The molecule has 1 amide bonds. The van der Waals surface area contributed by atoms with Gasteiger partial charge in [-0.15, -0.1) is 0 Å². The maximum atomic E-state index is 12.8. The average Bonchev–Trinajstić information content (AvgIpc) is 3.37. The van der Waals surface area contributed by atoms with Gasteiger partial charge < -0.3 is 10.6 Å². The van der Waals surface area contributed by atoms with E-state index in [1.54, 1.807) is 28.6 Å². The highest BCUT2D eigenvalue weighted by molar-refractivity contribution is 7.89. The largest absolute Gasteiger partial charge is 0.325 e. The number of anilines is 1. The monoisotopic (exact) mass is 484 g/mol. The number of piperidine rings is 1. The van der Waals surface area contributed by atoms with Gasteiger partial charge in [-0.05, 0) is 81.1 Å². The van der Waals surface area contributed by atoms with Crippen LogP contribution in [0.15, 0.2) is 53.4 Å². The van der Waals surface area contributed by atoms with Crippen LogP contribution in [0.2, 0.25) is 0 Å². The fraction of sp³-hybridized carbons (Fsp3) is 0.500. The Bertz CT molecular complexity index is 1060. The van der Waals surface area contributed by atoms with Gasteiger partial charge in [-0.25, -0.2) is 8.42 Å². The zero-order chi connectivity index (χ0) is 24.0. The predicted molar refractivity (Wildman–Crippen MR) is 135 cm³/mol.